The topological polar surface area (TPSA) is 117 Å². The standard InChI is InChI=1S/C35H40N6O4/c1-34(15-17-39(18-16-34)33(45)35(22-36-2)13-4-3-5-14-35)40-21-23(20-37-40)19-24-9-10-27-30-25(24)7-6-8-26(30)32(44)41(27)28-11-12-29(42)38-31(28)43/h6-10,20-22,28H,3-5,11-19H2,1-2H3,(H,38,42,43). The molecule has 234 valence electrons. The number of nitrogens with one attached hydrogen (secondary N) is 1. The van der Waals surface area contributed by atoms with Gasteiger partial charge in [0.25, 0.3) is 5.91 Å². The van der Waals surface area contributed by atoms with Crippen LogP contribution in [0.25, 0.3) is 10.8 Å². The zero-order valence-corrected chi connectivity index (χ0v) is 26.1. The number of amides is 4. The summed E-state index contributed by atoms with van der Waals surface area (Å²) in [7, 11) is 1.77. The highest BCUT2D eigenvalue weighted by molar-refractivity contribution is 6.27. The number of anilines is 1. The van der Waals surface area contributed by atoms with E-state index in [9.17, 15) is 19.2 Å². The van der Waals surface area contributed by atoms with E-state index in [-0.39, 0.29) is 29.7 Å². The quantitative estimate of drug-likeness (QED) is 0.329. The fourth-order valence-corrected chi connectivity index (χ4v) is 7.99. The van der Waals surface area contributed by atoms with Gasteiger partial charge in [0.15, 0.2) is 0 Å². The van der Waals surface area contributed by atoms with Crippen LogP contribution in [0, 0.1) is 5.41 Å². The van der Waals surface area contributed by atoms with Gasteiger partial charge < -0.3 is 4.90 Å². The molecule has 0 spiro atoms. The minimum atomic E-state index is -0.703. The van der Waals surface area contributed by atoms with Crippen LogP contribution in [0.1, 0.15) is 86.2 Å². The van der Waals surface area contributed by atoms with E-state index < -0.39 is 17.4 Å². The molecule has 3 aliphatic heterocycles. The zero-order chi connectivity index (χ0) is 31.3. The highest BCUT2D eigenvalue weighted by Crippen LogP contribution is 2.42. The maximum Gasteiger partial charge on any atom is 0.259 e. The van der Waals surface area contributed by atoms with Crippen molar-refractivity contribution in [3.8, 4) is 0 Å². The second-order valence-electron chi connectivity index (χ2n) is 13.5. The van der Waals surface area contributed by atoms with Gasteiger partial charge in [-0.25, -0.2) is 0 Å². The lowest BCUT2D eigenvalue weighted by molar-refractivity contribution is -0.141. The number of aliphatic imine (C=N–C) groups is 1. The third-order valence-corrected chi connectivity index (χ3v) is 10.6. The first-order chi connectivity index (χ1) is 21.7. The van der Waals surface area contributed by atoms with E-state index in [1.54, 1.807) is 11.9 Å². The van der Waals surface area contributed by atoms with Gasteiger partial charge in [-0.3, -0.25) is 39.1 Å². The predicted octanol–water partition coefficient (Wildman–Crippen LogP) is 4.38. The van der Waals surface area contributed by atoms with E-state index in [2.05, 4.69) is 28.1 Å². The predicted molar refractivity (Wildman–Crippen MR) is 171 cm³/mol. The van der Waals surface area contributed by atoms with Crippen LogP contribution < -0.4 is 10.2 Å². The smallest absolute Gasteiger partial charge is 0.259 e. The molecule has 1 aromatic heterocycles. The molecule has 1 atom stereocenters. The number of aromatic nitrogens is 2. The van der Waals surface area contributed by atoms with Gasteiger partial charge in [0, 0.05) is 56.3 Å². The van der Waals surface area contributed by atoms with Gasteiger partial charge in [-0.1, -0.05) is 37.5 Å². The molecule has 2 saturated heterocycles. The van der Waals surface area contributed by atoms with Crippen molar-refractivity contribution in [2.45, 2.75) is 82.7 Å². The van der Waals surface area contributed by atoms with Crippen molar-refractivity contribution in [3.63, 3.8) is 0 Å². The lowest BCUT2D eigenvalue weighted by Crippen LogP contribution is -2.53. The minimum absolute atomic E-state index is 0.190. The molecule has 4 amide bonds. The molecule has 4 aliphatic rings. The van der Waals surface area contributed by atoms with Crippen LogP contribution in [0.5, 0.6) is 0 Å². The maximum atomic E-state index is 13.7. The average molecular weight is 609 g/mol. The first-order valence-corrected chi connectivity index (χ1v) is 16.2. The number of carbonyl (C=O) groups excluding carboxylic acids is 4. The number of nitrogens with zero attached hydrogens (tertiary/aromatic N) is 5. The Labute approximate surface area is 262 Å². The number of imide groups is 1. The van der Waals surface area contributed by atoms with Crippen LogP contribution in [0.2, 0.25) is 0 Å². The van der Waals surface area contributed by atoms with Gasteiger partial charge in [-0.2, -0.15) is 5.10 Å². The Morgan fingerprint density at radius 2 is 1.84 bits per heavy atom. The summed E-state index contributed by atoms with van der Waals surface area (Å²) >= 11 is 0. The molecule has 7 rings (SSSR count). The summed E-state index contributed by atoms with van der Waals surface area (Å²) in [4.78, 5) is 59.5. The highest BCUT2D eigenvalue weighted by atomic mass is 16.2. The Morgan fingerprint density at radius 1 is 1.07 bits per heavy atom. The third-order valence-electron chi connectivity index (χ3n) is 10.6. The Balaban J connectivity index is 1.08. The van der Waals surface area contributed by atoms with Gasteiger partial charge in [0.05, 0.1) is 22.8 Å². The van der Waals surface area contributed by atoms with E-state index in [1.807, 2.05) is 47.6 Å². The number of likely N-dealkylation sites (tertiary alicyclic amines) is 1. The summed E-state index contributed by atoms with van der Waals surface area (Å²) in [5.74, 6) is -0.699. The van der Waals surface area contributed by atoms with Crippen LogP contribution in [-0.2, 0) is 26.3 Å². The van der Waals surface area contributed by atoms with Gasteiger partial charge >= 0.3 is 0 Å². The van der Waals surface area contributed by atoms with Crippen LogP contribution in [0.15, 0.2) is 47.7 Å². The molecule has 2 aromatic carbocycles. The van der Waals surface area contributed by atoms with Crippen LogP contribution in [-0.4, -0.2) is 70.7 Å². The van der Waals surface area contributed by atoms with Crippen molar-refractivity contribution in [1.29, 1.82) is 0 Å². The van der Waals surface area contributed by atoms with Crippen molar-refractivity contribution in [3.05, 3.63) is 59.4 Å². The largest absolute Gasteiger partial charge is 0.342 e. The van der Waals surface area contributed by atoms with Crippen molar-refractivity contribution >= 4 is 46.3 Å². The molecule has 1 saturated carbocycles. The molecule has 1 unspecified atom stereocenters. The van der Waals surface area contributed by atoms with E-state index in [1.165, 1.54) is 6.42 Å². The molecule has 10 nitrogen and oxygen atoms in total. The molecule has 0 bridgehead atoms. The SMILES string of the molecule is CN=CC1(C(=O)N2CCC(C)(n3cc(Cc4ccc5c6c(cccc46)C(=O)N5C4CCC(=O)NC4=O)cn3)CC2)CCCCC1. The van der Waals surface area contributed by atoms with Crippen LogP contribution in [0.4, 0.5) is 5.69 Å². The Morgan fingerprint density at radius 3 is 2.58 bits per heavy atom. The molecule has 3 aromatic rings. The molecular weight excluding hydrogens is 568 g/mol. The van der Waals surface area contributed by atoms with Crippen LogP contribution >= 0.6 is 0 Å². The fraction of sp³-hybridized carbons (Fsp3) is 0.486. The van der Waals surface area contributed by atoms with E-state index in [0.29, 0.717) is 37.2 Å². The molecule has 1 aliphatic carbocycles. The van der Waals surface area contributed by atoms with Crippen molar-refractivity contribution < 1.29 is 19.2 Å². The van der Waals surface area contributed by atoms with Crippen molar-refractivity contribution in [2.24, 2.45) is 10.4 Å². The van der Waals surface area contributed by atoms with E-state index >= 15 is 0 Å². The summed E-state index contributed by atoms with van der Waals surface area (Å²) in [6.45, 7) is 3.64. The monoisotopic (exact) mass is 608 g/mol. The fourth-order valence-electron chi connectivity index (χ4n) is 7.99. The first-order valence-electron chi connectivity index (χ1n) is 16.2. The second-order valence-corrected chi connectivity index (χ2v) is 13.5. The molecule has 4 heterocycles. The Hall–Kier alpha value is -4.34. The molecule has 0 radical (unpaired) electrons. The lowest BCUT2D eigenvalue weighted by atomic mass is 9.73. The summed E-state index contributed by atoms with van der Waals surface area (Å²) in [6, 6.07) is 8.98. The molecular formula is C35H40N6O4. The minimum Gasteiger partial charge on any atom is -0.342 e. The normalized spacial score (nSPS) is 22.8. The van der Waals surface area contributed by atoms with Gasteiger partial charge in [-0.15, -0.1) is 0 Å². The molecule has 45 heavy (non-hydrogen) atoms. The molecule has 1 N–H and O–H groups in total. The summed E-state index contributed by atoms with van der Waals surface area (Å²) < 4.78 is 2.07. The first kappa shape index (κ1) is 29.4. The maximum absolute atomic E-state index is 13.7. The third kappa shape index (κ3) is 4.94. The van der Waals surface area contributed by atoms with Gasteiger partial charge in [0.2, 0.25) is 17.7 Å². The summed E-state index contributed by atoms with van der Waals surface area (Å²) in [5, 5.41) is 9.01. The van der Waals surface area contributed by atoms with Gasteiger partial charge in [-0.05, 0) is 67.7 Å². The van der Waals surface area contributed by atoms with E-state index in [4.69, 9.17) is 5.10 Å². The molecule has 10 heteroatoms. The summed E-state index contributed by atoms with van der Waals surface area (Å²) in [5.41, 5.74) is 2.82. The lowest BCUT2D eigenvalue weighted by Gasteiger charge is -2.43. The van der Waals surface area contributed by atoms with Crippen molar-refractivity contribution in [1.82, 2.24) is 20.0 Å². The number of piperidine rings is 2. The average Bonchev–Trinajstić information content (AvgIpc) is 3.63. The highest BCUT2D eigenvalue weighted by Gasteiger charge is 2.44. The molecule has 3 fully saturated rings. The number of carbonyl (C=O) groups is 4. The number of benzene rings is 2. The zero-order valence-electron chi connectivity index (χ0n) is 26.1. The number of rotatable bonds is 6. The van der Waals surface area contributed by atoms with Crippen LogP contribution in [0.3, 0.4) is 0 Å². The second kappa shape index (κ2) is 11.2. The van der Waals surface area contributed by atoms with Gasteiger partial charge in [0.1, 0.15) is 6.04 Å². The summed E-state index contributed by atoms with van der Waals surface area (Å²) in [6.07, 6.45) is 13.9. The van der Waals surface area contributed by atoms with Crippen molar-refractivity contribution in [2.75, 3.05) is 25.0 Å². The van der Waals surface area contributed by atoms with E-state index in [0.717, 1.165) is 60.4 Å². The Kier molecular flexibility index (Phi) is 7.33. The number of hydrogen-bond acceptors (Lipinski definition) is 6. The Bertz CT molecular complexity index is 1730. The number of hydrogen-bond donors (Lipinski definition) is 1.